The van der Waals surface area contributed by atoms with Crippen molar-refractivity contribution in [2.45, 2.75) is 64.5 Å². The average Bonchev–Trinajstić information content (AvgIpc) is 3.37. The van der Waals surface area contributed by atoms with Gasteiger partial charge in [0.05, 0.1) is 13.0 Å². The number of nitrogens with zero attached hydrogens (tertiary/aromatic N) is 3. The molecule has 4 rings (SSSR count). The summed E-state index contributed by atoms with van der Waals surface area (Å²) in [6, 6.07) is 4.75. The van der Waals surface area contributed by atoms with Crippen molar-refractivity contribution in [2.24, 2.45) is 0 Å². The van der Waals surface area contributed by atoms with Crippen LogP contribution in [0.25, 0.3) is 0 Å². The number of unbranched alkanes of at least 4 members (excludes halogenated alkanes) is 3. The Morgan fingerprint density at radius 3 is 2.80 bits per heavy atom. The number of ether oxygens (including phenoxy) is 1. The number of H-pyrrole nitrogens is 1. The highest BCUT2D eigenvalue weighted by molar-refractivity contribution is 6.05. The number of benzene rings is 1. The van der Waals surface area contributed by atoms with Crippen LogP contribution >= 0.6 is 0 Å². The lowest BCUT2D eigenvalue weighted by atomic mass is 10.0. The third kappa shape index (κ3) is 6.23. The van der Waals surface area contributed by atoms with Gasteiger partial charge in [-0.2, -0.15) is 5.10 Å². The van der Waals surface area contributed by atoms with Gasteiger partial charge in [-0.25, -0.2) is 4.98 Å². The number of aryl methyl sites for hydroxylation is 1. The van der Waals surface area contributed by atoms with E-state index in [1.165, 1.54) is 4.90 Å². The average molecular weight is 483 g/mol. The molecule has 0 spiro atoms. The highest BCUT2D eigenvalue weighted by atomic mass is 16.5. The zero-order chi connectivity index (χ0) is 24.8. The van der Waals surface area contributed by atoms with Gasteiger partial charge in [-0.1, -0.05) is 12.8 Å². The highest BCUT2D eigenvalue weighted by Gasteiger charge is 2.39. The number of imide groups is 1. The molecule has 3 heterocycles. The molecule has 35 heavy (non-hydrogen) atoms. The van der Waals surface area contributed by atoms with Crippen LogP contribution in [0.4, 0.5) is 0 Å². The number of carbonyl (C=O) groups excluding carboxylic acids is 4. The van der Waals surface area contributed by atoms with E-state index in [-0.39, 0.29) is 30.6 Å². The number of rotatable bonds is 11. The van der Waals surface area contributed by atoms with Crippen molar-refractivity contribution in [1.82, 2.24) is 30.7 Å². The molecule has 11 nitrogen and oxygen atoms in total. The third-order valence-corrected chi connectivity index (χ3v) is 6.12. The Bertz CT molecular complexity index is 1110. The summed E-state index contributed by atoms with van der Waals surface area (Å²) in [4.78, 5) is 53.8. The Morgan fingerprint density at radius 2 is 2.03 bits per heavy atom. The van der Waals surface area contributed by atoms with Crippen LogP contribution in [0.1, 0.15) is 66.1 Å². The van der Waals surface area contributed by atoms with Crippen LogP contribution in [0.2, 0.25) is 0 Å². The summed E-state index contributed by atoms with van der Waals surface area (Å²) in [6.45, 7) is 3.30. The van der Waals surface area contributed by atoms with E-state index >= 15 is 0 Å². The zero-order valence-electron chi connectivity index (χ0n) is 19.8. The minimum Gasteiger partial charge on any atom is -0.494 e. The molecule has 1 aromatic heterocycles. The Labute approximate surface area is 203 Å². The molecule has 2 aromatic rings. The first-order valence-corrected chi connectivity index (χ1v) is 12.0. The summed E-state index contributed by atoms with van der Waals surface area (Å²) in [5, 5.41) is 11.9. The summed E-state index contributed by atoms with van der Waals surface area (Å²) in [6.07, 6.45) is 4.47. The molecule has 1 saturated heterocycles. The fourth-order valence-electron chi connectivity index (χ4n) is 4.31. The van der Waals surface area contributed by atoms with Gasteiger partial charge in [-0.05, 0) is 49.9 Å². The molecule has 0 saturated carbocycles. The van der Waals surface area contributed by atoms with Gasteiger partial charge in [0.1, 0.15) is 17.6 Å². The molecule has 11 heteroatoms. The second-order valence-electron chi connectivity index (χ2n) is 8.85. The third-order valence-electron chi connectivity index (χ3n) is 6.12. The maximum absolute atomic E-state index is 12.7. The molecule has 0 bridgehead atoms. The number of amides is 4. The number of aromatic nitrogens is 3. The molecule has 4 amide bonds. The molecular formula is C24H30N6O5. The van der Waals surface area contributed by atoms with Crippen molar-refractivity contribution in [3.8, 4) is 5.75 Å². The summed E-state index contributed by atoms with van der Waals surface area (Å²) in [5.74, 6) is 0.893. The topological polar surface area (TPSA) is 146 Å². The number of hydrogen-bond donors (Lipinski definition) is 3. The van der Waals surface area contributed by atoms with Gasteiger partial charge in [0.15, 0.2) is 5.82 Å². The van der Waals surface area contributed by atoms with Crippen molar-refractivity contribution in [1.29, 1.82) is 0 Å². The van der Waals surface area contributed by atoms with Crippen LogP contribution in [0.15, 0.2) is 18.2 Å². The Balaban J connectivity index is 1.12. The second kappa shape index (κ2) is 11.1. The molecule has 1 fully saturated rings. The van der Waals surface area contributed by atoms with Crippen molar-refractivity contribution < 1.29 is 23.9 Å². The first kappa shape index (κ1) is 24.4. The molecule has 1 unspecified atom stereocenters. The van der Waals surface area contributed by atoms with Gasteiger partial charge >= 0.3 is 0 Å². The Kier molecular flexibility index (Phi) is 7.74. The quantitative estimate of drug-likeness (QED) is 0.322. The van der Waals surface area contributed by atoms with Gasteiger partial charge in [-0.3, -0.25) is 29.6 Å². The standard InChI is InChI=1S/C24H30N6O5/c1-15-26-20(29-28-15)13-22(32)25-10-4-2-3-5-11-35-17-6-7-18-16(12-17)14-30(24(18)34)19-8-9-21(31)27-23(19)33/h6-7,12,19H,2-5,8-11,13-14H2,1H3,(H,25,32)(H,26,28,29)(H,27,31,33). The maximum Gasteiger partial charge on any atom is 0.255 e. The number of aromatic amines is 1. The Morgan fingerprint density at radius 1 is 1.20 bits per heavy atom. The second-order valence-corrected chi connectivity index (χ2v) is 8.85. The van der Waals surface area contributed by atoms with Crippen molar-refractivity contribution >= 4 is 23.6 Å². The van der Waals surface area contributed by atoms with Gasteiger partial charge < -0.3 is 15.0 Å². The van der Waals surface area contributed by atoms with Gasteiger partial charge in [0.2, 0.25) is 17.7 Å². The first-order chi connectivity index (χ1) is 16.9. The normalized spacial score (nSPS) is 17.3. The van der Waals surface area contributed by atoms with Crippen molar-refractivity contribution in [3.05, 3.63) is 41.0 Å². The summed E-state index contributed by atoms with van der Waals surface area (Å²) < 4.78 is 5.86. The predicted octanol–water partition coefficient (Wildman–Crippen LogP) is 1.17. The number of hydrogen-bond acceptors (Lipinski definition) is 7. The van der Waals surface area contributed by atoms with E-state index in [1.807, 2.05) is 6.07 Å². The number of carbonyl (C=O) groups is 4. The van der Waals surface area contributed by atoms with Crippen LogP contribution in [-0.2, 0) is 27.3 Å². The van der Waals surface area contributed by atoms with Crippen LogP contribution < -0.4 is 15.4 Å². The van der Waals surface area contributed by atoms with Crippen molar-refractivity contribution in [2.75, 3.05) is 13.2 Å². The van der Waals surface area contributed by atoms with E-state index in [1.54, 1.807) is 19.1 Å². The molecule has 0 aliphatic carbocycles. The number of nitrogens with one attached hydrogen (secondary N) is 3. The minimum atomic E-state index is -0.618. The monoisotopic (exact) mass is 482 g/mol. The number of fused-ring (bicyclic) bond motifs is 1. The van der Waals surface area contributed by atoms with Crippen molar-refractivity contribution in [3.63, 3.8) is 0 Å². The van der Waals surface area contributed by atoms with E-state index in [2.05, 4.69) is 25.8 Å². The fraction of sp³-hybridized carbons (Fsp3) is 0.500. The molecule has 0 radical (unpaired) electrons. The van der Waals surface area contributed by atoms with Gasteiger partial charge in [-0.15, -0.1) is 0 Å². The summed E-state index contributed by atoms with van der Waals surface area (Å²) in [5.41, 5.74) is 1.40. The number of piperidine rings is 1. The van der Waals surface area contributed by atoms with E-state index in [0.717, 1.165) is 31.2 Å². The fourth-order valence-corrected chi connectivity index (χ4v) is 4.31. The largest absolute Gasteiger partial charge is 0.494 e. The molecule has 2 aliphatic heterocycles. The molecule has 3 N–H and O–H groups in total. The lowest BCUT2D eigenvalue weighted by Crippen LogP contribution is -2.52. The Hall–Kier alpha value is -3.76. The minimum absolute atomic E-state index is 0.0846. The van der Waals surface area contributed by atoms with Crippen LogP contribution in [-0.4, -0.2) is 62.9 Å². The maximum atomic E-state index is 12.7. The van der Waals surface area contributed by atoms with E-state index < -0.39 is 11.9 Å². The van der Waals surface area contributed by atoms with Crippen LogP contribution in [0.5, 0.6) is 5.75 Å². The van der Waals surface area contributed by atoms with Gasteiger partial charge in [0, 0.05) is 25.1 Å². The lowest BCUT2D eigenvalue weighted by molar-refractivity contribution is -0.137. The van der Waals surface area contributed by atoms with E-state index in [4.69, 9.17) is 4.74 Å². The lowest BCUT2D eigenvalue weighted by Gasteiger charge is -2.29. The highest BCUT2D eigenvalue weighted by Crippen LogP contribution is 2.30. The predicted molar refractivity (Wildman–Crippen MR) is 124 cm³/mol. The molecule has 1 atom stereocenters. The molecule has 186 valence electrons. The van der Waals surface area contributed by atoms with E-state index in [0.29, 0.717) is 49.1 Å². The molecular weight excluding hydrogens is 452 g/mol. The van der Waals surface area contributed by atoms with E-state index in [9.17, 15) is 19.2 Å². The summed E-state index contributed by atoms with van der Waals surface area (Å²) in [7, 11) is 0. The first-order valence-electron chi connectivity index (χ1n) is 12.0. The van der Waals surface area contributed by atoms with Crippen LogP contribution in [0, 0.1) is 6.92 Å². The smallest absolute Gasteiger partial charge is 0.255 e. The van der Waals surface area contributed by atoms with Gasteiger partial charge in [0.25, 0.3) is 5.91 Å². The molecule has 2 aliphatic rings. The SMILES string of the molecule is Cc1nc(CC(=O)NCCCCCCOc2ccc3c(c2)CN(C2CCC(=O)NC2=O)C3=O)n[nH]1. The summed E-state index contributed by atoms with van der Waals surface area (Å²) >= 11 is 0. The van der Waals surface area contributed by atoms with Crippen LogP contribution in [0.3, 0.4) is 0 Å². The molecule has 1 aromatic carbocycles. The zero-order valence-corrected chi connectivity index (χ0v) is 19.8.